The summed E-state index contributed by atoms with van der Waals surface area (Å²) < 4.78 is 10.7. The number of hydrogen-bond donors (Lipinski definition) is 1. The van der Waals surface area contributed by atoms with E-state index in [-0.39, 0.29) is 18.2 Å². The van der Waals surface area contributed by atoms with Crippen LogP contribution in [0, 0.1) is 0 Å². The van der Waals surface area contributed by atoms with Crippen LogP contribution in [0.1, 0.15) is 13.8 Å². The zero-order chi connectivity index (χ0) is 13.8. The van der Waals surface area contributed by atoms with Gasteiger partial charge in [0.25, 0.3) is 0 Å². The number of nitrogens with zero attached hydrogens (tertiary/aromatic N) is 1. The maximum atomic E-state index is 12.1. The van der Waals surface area contributed by atoms with Gasteiger partial charge < -0.3 is 19.7 Å². The molecule has 104 valence electrons. The fourth-order valence-electron chi connectivity index (χ4n) is 2.22. The summed E-state index contributed by atoms with van der Waals surface area (Å²) in [6.45, 7) is 5.19. The molecule has 0 radical (unpaired) electrons. The summed E-state index contributed by atoms with van der Waals surface area (Å²) in [6.07, 6.45) is 0.149. The Labute approximate surface area is 113 Å². The zero-order valence-electron chi connectivity index (χ0n) is 11.6. The van der Waals surface area contributed by atoms with Gasteiger partial charge in [-0.05, 0) is 38.1 Å². The molecule has 1 aromatic rings. The fourth-order valence-corrected chi connectivity index (χ4v) is 2.22. The Hall–Kier alpha value is -1.75. The van der Waals surface area contributed by atoms with E-state index in [1.165, 1.54) is 0 Å². The largest absolute Gasteiger partial charge is 0.497 e. The molecule has 1 heterocycles. The standard InChI is InChI=1S/C14H20N2O3/c1-10-8-16(9-11(2)19-10)14(17)15-12-4-6-13(18-3)7-5-12/h4-7,10-11H,8-9H2,1-3H3,(H,15,17)/t10-,11+. The molecule has 0 spiro atoms. The van der Waals surface area contributed by atoms with E-state index in [9.17, 15) is 4.79 Å². The van der Waals surface area contributed by atoms with Gasteiger partial charge in [0, 0.05) is 18.8 Å². The Morgan fingerprint density at radius 3 is 2.37 bits per heavy atom. The van der Waals surface area contributed by atoms with E-state index in [2.05, 4.69) is 5.32 Å². The van der Waals surface area contributed by atoms with Crippen molar-refractivity contribution >= 4 is 11.7 Å². The van der Waals surface area contributed by atoms with Gasteiger partial charge in [0.1, 0.15) is 5.75 Å². The van der Waals surface area contributed by atoms with Crippen molar-refractivity contribution in [2.75, 3.05) is 25.5 Å². The number of nitrogens with one attached hydrogen (secondary N) is 1. The Bertz CT molecular complexity index is 423. The van der Waals surface area contributed by atoms with Crippen LogP contribution in [-0.2, 0) is 4.74 Å². The van der Waals surface area contributed by atoms with Gasteiger partial charge in [-0.3, -0.25) is 0 Å². The molecule has 0 bridgehead atoms. The van der Waals surface area contributed by atoms with Crippen LogP contribution in [0.5, 0.6) is 5.75 Å². The first kappa shape index (κ1) is 13.7. The molecule has 0 saturated carbocycles. The van der Waals surface area contributed by atoms with Crippen molar-refractivity contribution in [1.29, 1.82) is 0 Å². The van der Waals surface area contributed by atoms with E-state index >= 15 is 0 Å². The van der Waals surface area contributed by atoms with E-state index in [1.54, 1.807) is 12.0 Å². The molecule has 0 aliphatic carbocycles. The summed E-state index contributed by atoms with van der Waals surface area (Å²) in [4.78, 5) is 13.9. The number of morpholine rings is 1. The van der Waals surface area contributed by atoms with Gasteiger partial charge in [0.15, 0.2) is 0 Å². The highest BCUT2D eigenvalue weighted by Crippen LogP contribution is 2.17. The molecule has 5 nitrogen and oxygen atoms in total. The average molecular weight is 264 g/mol. The van der Waals surface area contributed by atoms with Crippen LogP contribution in [0.2, 0.25) is 0 Å². The summed E-state index contributed by atoms with van der Waals surface area (Å²) in [5.41, 5.74) is 0.762. The minimum Gasteiger partial charge on any atom is -0.497 e. The van der Waals surface area contributed by atoms with Crippen LogP contribution < -0.4 is 10.1 Å². The van der Waals surface area contributed by atoms with Crippen LogP contribution in [0.3, 0.4) is 0 Å². The third-order valence-corrected chi connectivity index (χ3v) is 3.05. The minimum absolute atomic E-state index is 0.0744. The first-order valence-corrected chi connectivity index (χ1v) is 6.44. The lowest BCUT2D eigenvalue weighted by Crippen LogP contribution is -2.49. The monoisotopic (exact) mass is 264 g/mol. The average Bonchev–Trinajstić information content (AvgIpc) is 2.38. The molecular formula is C14H20N2O3. The molecule has 5 heteroatoms. The lowest BCUT2D eigenvalue weighted by Gasteiger charge is -2.35. The molecule has 1 N–H and O–H groups in total. The van der Waals surface area contributed by atoms with Crippen LogP contribution in [0.25, 0.3) is 0 Å². The molecule has 1 aromatic carbocycles. The highest BCUT2D eigenvalue weighted by Gasteiger charge is 2.25. The quantitative estimate of drug-likeness (QED) is 0.892. The van der Waals surface area contributed by atoms with Gasteiger partial charge in [0.2, 0.25) is 0 Å². The highest BCUT2D eigenvalue weighted by molar-refractivity contribution is 5.89. The highest BCUT2D eigenvalue weighted by atomic mass is 16.5. The summed E-state index contributed by atoms with van der Waals surface area (Å²) in [5, 5.41) is 2.88. The zero-order valence-corrected chi connectivity index (χ0v) is 11.6. The van der Waals surface area contributed by atoms with Crippen molar-refractivity contribution in [3.8, 4) is 5.75 Å². The van der Waals surface area contributed by atoms with Crippen molar-refractivity contribution in [1.82, 2.24) is 4.90 Å². The molecular weight excluding hydrogens is 244 g/mol. The summed E-state index contributed by atoms with van der Waals surface area (Å²) in [5.74, 6) is 0.770. The lowest BCUT2D eigenvalue weighted by atomic mass is 10.2. The Morgan fingerprint density at radius 1 is 1.26 bits per heavy atom. The summed E-state index contributed by atoms with van der Waals surface area (Å²) >= 11 is 0. The Kier molecular flexibility index (Phi) is 4.27. The van der Waals surface area contributed by atoms with Crippen molar-refractivity contribution in [2.45, 2.75) is 26.1 Å². The minimum atomic E-state index is -0.0906. The second-order valence-corrected chi connectivity index (χ2v) is 4.82. The number of amides is 2. The maximum Gasteiger partial charge on any atom is 0.322 e. The van der Waals surface area contributed by atoms with Gasteiger partial charge in [-0.1, -0.05) is 0 Å². The molecule has 1 fully saturated rings. The fraction of sp³-hybridized carbons (Fsp3) is 0.500. The smallest absolute Gasteiger partial charge is 0.322 e. The number of carbonyl (C=O) groups is 1. The predicted molar refractivity (Wildman–Crippen MR) is 73.6 cm³/mol. The third kappa shape index (κ3) is 3.61. The first-order valence-electron chi connectivity index (χ1n) is 6.44. The summed E-state index contributed by atoms with van der Waals surface area (Å²) in [7, 11) is 1.62. The second-order valence-electron chi connectivity index (χ2n) is 4.82. The van der Waals surface area contributed by atoms with E-state index in [0.717, 1.165) is 11.4 Å². The second kappa shape index (κ2) is 5.93. The summed E-state index contributed by atoms with van der Waals surface area (Å²) in [6, 6.07) is 7.20. The molecule has 0 aromatic heterocycles. The van der Waals surface area contributed by atoms with E-state index < -0.39 is 0 Å². The van der Waals surface area contributed by atoms with Gasteiger partial charge >= 0.3 is 6.03 Å². The molecule has 2 amide bonds. The van der Waals surface area contributed by atoms with Gasteiger partial charge in [0.05, 0.1) is 19.3 Å². The molecule has 19 heavy (non-hydrogen) atoms. The van der Waals surface area contributed by atoms with E-state index in [0.29, 0.717) is 13.1 Å². The topological polar surface area (TPSA) is 50.8 Å². The molecule has 1 aliphatic rings. The maximum absolute atomic E-state index is 12.1. The van der Waals surface area contributed by atoms with Crippen molar-refractivity contribution in [2.24, 2.45) is 0 Å². The Morgan fingerprint density at radius 2 is 1.84 bits per heavy atom. The van der Waals surface area contributed by atoms with Crippen molar-refractivity contribution in [3.63, 3.8) is 0 Å². The number of hydrogen-bond acceptors (Lipinski definition) is 3. The Balaban J connectivity index is 1.96. The third-order valence-electron chi connectivity index (χ3n) is 3.05. The number of anilines is 1. The van der Waals surface area contributed by atoms with Crippen LogP contribution in [-0.4, -0.2) is 43.3 Å². The molecule has 1 saturated heterocycles. The SMILES string of the molecule is COc1ccc(NC(=O)N2C[C@@H](C)O[C@@H](C)C2)cc1. The van der Waals surface area contributed by atoms with Crippen molar-refractivity contribution < 1.29 is 14.3 Å². The van der Waals surface area contributed by atoms with Crippen LogP contribution in [0.15, 0.2) is 24.3 Å². The van der Waals surface area contributed by atoms with E-state index in [4.69, 9.17) is 9.47 Å². The molecule has 1 aliphatic heterocycles. The number of urea groups is 1. The van der Waals surface area contributed by atoms with Gasteiger partial charge in [-0.25, -0.2) is 4.79 Å². The first-order chi connectivity index (χ1) is 9.08. The van der Waals surface area contributed by atoms with Gasteiger partial charge in [-0.15, -0.1) is 0 Å². The number of ether oxygens (including phenoxy) is 2. The molecule has 2 atom stereocenters. The van der Waals surface area contributed by atoms with Crippen LogP contribution >= 0.6 is 0 Å². The number of benzene rings is 1. The van der Waals surface area contributed by atoms with Crippen molar-refractivity contribution in [3.05, 3.63) is 24.3 Å². The normalized spacial score (nSPS) is 23.0. The molecule has 0 unspecified atom stereocenters. The van der Waals surface area contributed by atoms with Gasteiger partial charge in [-0.2, -0.15) is 0 Å². The van der Waals surface area contributed by atoms with Crippen LogP contribution in [0.4, 0.5) is 10.5 Å². The lowest BCUT2D eigenvalue weighted by molar-refractivity contribution is -0.0530. The number of methoxy groups -OCH3 is 1. The number of rotatable bonds is 2. The van der Waals surface area contributed by atoms with E-state index in [1.807, 2.05) is 38.1 Å². The molecule has 2 rings (SSSR count). The number of carbonyl (C=O) groups excluding carboxylic acids is 1. The predicted octanol–water partition coefficient (Wildman–Crippen LogP) is 2.34.